The molecule has 1 aromatic carbocycles. The molecule has 4 radical (unpaired) electrons. The largest absolute Gasteiger partial charge is 0.252 e. The van der Waals surface area contributed by atoms with Crippen LogP contribution in [0.1, 0.15) is 11.3 Å². The first-order chi connectivity index (χ1) is 6.20. The first kappa shape index (κ1) is 8.52. The molecule has 0 amide bonds. The van der Waals surface area contributed by atoms with Crippen LogP contribution in [0.4, 0.5) is 0 Å². The second-order valence-corrected chi connectivity index (χ2v) is 3.12. The lowest BCUT2D eigenvalue weighted by atomic mass is 10.1. The Hall–Kier alpha value is -1.08. The number of fused-ring (bicyclic) bond motifs is 1. The lowest BCUT2D eigenvalue weighted by Crippen LogP contribution is -1.89. The van der Waals surface area contributed by atoms with E-state index in [-0.39, 0.29) is 5.69 Å². The van der Waals surface area contributed by atoms with E-state index in [0.29, 0.717) is 10.6 Å². The highest BCUT2D eigenvalue weighted by Crippen LogP contribution is 2.26. The van der Waals surface area contributed by atoms with Crippen molar-refractivity contribution in [3.63, 3.8) is 0 Å². The monoisotopic (exact) mass is 187 g/mol. The van der Waals surface area contributed by atoms with Gasteiger partial charge in [0.1, 0.15) is 0 Å². The molecule has 0 saturated carbocycles. The van der Waals surface area contributed by atoms with Gasteiger partial charge in [-0.1, -0.05) is 29.8 Å². The summed E-state index contributed by atoms with van der Waals surface area (Å²) in [6, 6.07) is 7.46. The molecule has 13 heavy (non-hydrogen) atoms. The van der Waals surface area contributed by atoms with Gasteiger partial charge >= 0.3 is 0 Å². The summed E-state index contributed by atoms with van der Waals surface area (Å²) < 4.78 is 0. The van der Waals surface area contributed by atoms with E-state index in [0.717, 1.165) is 10.9 Å². The van der Waals surface area contributed by atoms with Crippen LogP contribution in [0.3, 0.4) is 0 Å². The maximum absolute atomic E-state index is 5.99. The Morgan fingerprint density at radius 3 is 2.62 bits per heavy atom. The molecular weight excluding hydrogens is 182 g/mol. The first-order valence-corrected chi connectivity index (χ1v) is 4.17. The fourth-order valence-electron chi connectivity index (χ4n) is 1.20. The summed E-state index contributed by atoms with van der Waals surface area (Å²) in [5.41, 5.74) is 1.39. The van der Waals surface area contributed by atoms with Crippen molar-refractivity contribution in [3.05, 3.63) is 54.4 Å². The normalized spacial score (nSPS) is 10.7. The molecule has 0 aliphatic carbocycles. The minimum absolute atomic E-state index is 0.281. The highest BCUT2D eigenvalue weighted by Gasteiger charge is 2.05. The second kappa shape index (κ2) is 3.00. The van der Waals surface area contributed by atoms with E-state index >= 15 is 0 Å². The molecule has 0 aliphatic heterocycles. The number of aromatic nitrogens is 1. The first-order valence-electron chi connectivity index (χ1n) is 3.79. The van der Waals surface area contributed by atoms with Crippen LogP contribution >= 0.6 is 11.6 Å². The van der Waals surface area contributed by atoms with Gasteiger partial charge in [-0.05, 0) is 11.6 Å². The van der Waals surface area contributed by atoms with Gasteiger partial charge in [-0.2, -0.15) is 0 Å². The van der Waals surface area contributed by atoms with Gasteiger partial charge in [0.2, 0.25) is 0 Å². The van der Waals surface area contributed by atoms with Crippen LogP contribution in [0.5, 0.6) is 0 Å². The highest BCUT2D eigenvalue weighted by atomic mass is 35.5. The van der Waals surface area contributed by atoms with Crippen molar-refractivity contribution in [3.8, 4) is 0 Å². The maximum Gasteiger partial charge on any atom is 0.0720 e. The number of para-hydroxylation sites is 1. The quantitative estimate of drug-likeness (QED) is 0.618. The Balaban J connectivity index is 2.94. The van der Waals surface area contributed by atoms with Crippen LogP contribution in [-0.2, 0) is 0 Å². The molecule has 2 aromatic rings. The lowest BCUT2D eigenvalue weighted by Gasteiger charge is -2.05. The lowest BCUT2D eigenvalue weighted by molar-refractivity contribution is 1.31. The molecule has 0 unspecified atom stereocenters. The van der Waals surface area contributed by atoms with Crippen molar-refractivity contribution in [1.29, 1.82) is 0 Å². The molecule has 0 N–H and O–H groups in total. The van der Waals surface area contributed by atoms with Crippen LogP contribution in [0.25, 0.3) is 10.9 Å². The summed E-state index contributed by atoms with van der Waals surface area (Å²) in [6.45, 7) is 11.2. The van der Waals surface area contributed by atoms with E-state index in [4.69, 9.17) is 25.4 Å². The van der Waals surface area contributed by atoms with E-state index in [9.17, 15) is 0 Å². The van der Waals surface area contributed by atoms with Gasteiger partial charge in [0.05, 0.1) is 16.2 Å². The third kappa shape index (κ3) is 1.29. The zero-order chi connectivity index (χ0) is 9.42. The topological polar surface area (TPSA) is 12.9 Å². The van der Waals surface area contributed by atoms with Crippen LogP contribution in [-0.4, -0.2) is 4.98 Å². The maximum atomic E-state index is 5.99. The van der Waals surface area contributed by atoms with Crippen molar-refractivity contribution in [2.75, 3.05) is 0 Å². The van der Waals surface area contributed by atoms with E-state index in [2.05, 4.69) is 4.98 Å². The Bertz CT molecular complexity index is 463. The fraction of sp³-hybridized carbons (Fsp3) is 0. The summed E-state index contributed by atoms with van der Waals surface area (Å²) >= 11 is 5.99. The molecule has 1 heterocycles. The third-order valence-corrected chi connectivity index (χ3v) is 2.30. The standard InChI is InChI=1S/C11H6ClN/c1-7-8(2)13-10-6-4-3-5-9(10)11(7)12/h1-6H. The van der Waals surface area contributed by atoms with Crippen molar-refractivity contribution in [2.45, 2.75) is 0 Å². The zero-order valence-electron chi connectivity index (χ0n) is 6.79. The number of pyridine rings is 1. The van der Waals surface area contributed by atoms with Gasteiger partial charge in [-0.3, -0.25) is 4.98 Å². The number of nitrogens with zero attached hydrogens (tertiary/aromatic N) is 1. The van der Waals surface area contributed by atoms with Gasteiger partial charge in [0, 0.05) is 19.2 Å². The van der Waals surface area contributed by atoms with Crippen molar-refractivity contribution in [1.82, 2.24) is 4.98 Å². The fourth-order valence-corrected chi connectivity index (χ4v) is 1.46. The van der Waals surface area contributed by atoms with Gasteiger partial charge in [0.25, 0.3) is 0 Å². The third-order valence-electron chi connectivity index (χ3n) is 1.89. The zero-order valence-corrected chi connectivity index (χ0v) is 7.55. The molecule has 1 nitrogen and oxygen atoms in total. The van der Waals surface area contributed by atoms with Gasteiger partial charge < -0.3 is 0 Å². The molecule has 0 saturated heterocycles. The summed E-state index contributed by atoms with van der Waals surface area (Å²) in [5.74, 6) is 0. The molecule has 0 bridgehead atoms. The second-order valence-electron chi connectivity index (χ2n) is 2.74. The molecule has 0 atom stereocenters. The molecule has 0 fully saturated rings. The van der Waals surface area contributed by atoms with Crippen LogP contribution < -0.4 is 0 Å². The Labute approximate surface area is 82.4 Å². The summed E-state index contributed by atoms with van der Waals surface area (Å²) in [7, 11) is 0. The average molecular weight is 188 g/mol. The van der Waals surface area contributed by atoms with E-state index < -0.39 is 0 Å². The summed E-state index contributed by atoms with van der Waals surface area (Å²) in [5, 5.41) is 1.30. The van der Waals surface area contributed by atoms with Gasteiger partial charge in [-0.15, -0.1) is 0 Å². The molecule has 2 heteroatoms. The number of rotatable bonds is 0. The van der Waals surface area contributed by atoms with Crippen molar-refractivity contribution < 1.29 is 0 Å². The summed E-state index contributed by atoms with van der Waals surface area (Å²) in [6.07, 6.45) is 0. The molecule has 1 aromatic heterocycles. The predicted molar refractivity (Wildman–Crippen MR) is 53.6 cm³/mol. The van der Waals surface area contributed by atoms with Crippen LogP contribution in [0, 0.1) is 13.8 Å². The highest BCUT2D eigenvalue weighted by molar-refractivity contribution is 6.36. The minimum Gasteiger partial charge on any atom is -0.252 e. The molecule has 62 valence electrons. The van der Waals surface area contributed by atoms with Crippen molar-refractivity contribution in [2.24, 2.45) is 0 Å². The number of benzene rings is 1. The van der Waals surface area contributed by atoms with Crippen LogP contribution in [0.15, 0.2) is 24.3 Å². The Kier molecular flexibility index (Phi) is 1.97. The van der Waals surface area contributed by atoms with Crippen molar-refractivity contribution >= 4 is 22.5 Å². The Morgan fingerprint density at radius 2 is 1.85 bits per heavy atom. The molecule has 0 spiro atoms. The number of hydrogen-bond donors (Lipinski definition) is 0. The van der Waals surface area contributed by atoms with Gasteiger partial charge in [-0.25, -0.2) is 0 Å². The van der Waals surface area contributed by atoms with E-state index in [1.54, 1.807) is 0 Å². The van der Waals surface area contributed by atoms with E-state index in [1.165, 1.54) is 0 Å². The number of halogens is 1. The average Bonchev–Trinajstić information content (AvgIpc) is 2.15. The summed E-state index contributed by atoms with van der Waals surface area (Å²) in [4.78, 5) is 4.10. The van der Waals surface area contributed by atoms with E-state index in [1.807, 2.05) is 24.3 Å². The molecular formula is C11H6ClN. The smallest absolute Gasteiger partial charge is 0.0720 e. The minimum atomic E-state index is 0.281. The molecule has 2 rings (SSSR count). The SMILES string of the molecule is [CH]c1nc2ccccc2c(Cl)c1[CH]. The molecule has 0 aliphatic rings. The Morgan fingerprint density at radius 1 is 1.15 bits per heavy atom. The van der Waals surface area contributed by atoms with Gasteiger partial charge in [0.15, 0.2) is 0 Å². The number of hydrogen-bond acceptors (Lipinski definition) is 1. The van der Waals surface area contributed by atoms with Crippen LogP contribution in [0.2, 0.25) is 5.02 Å². The predicted octanol–water partition coefficient (Wildman–Crippen LogP) is 3.01.